The molecule has 4 nitrogen and oxygen atoms in total. The van der Waals surface area contributed by atoms with Crippen LogP contribution >= 0.6 is 11.8 Å². The normalized spacial score (nSPS) is 10.5. The lowest BCUT2D eigenvalue weighted by Gasteiger charge is -1.98. The molecule has 0 atom stereocenters. The number of aromatic nitrogens is 2. The number of hydrogen-bond donors (Lipinski definition) is 1. The van der Waals surface area contributed by atoms with Gasteiger partial charge in [-0.1, -0.05) is 0 Å². The molecule has 0 fully saturated rings. The van der Waals surface area contributed by atoms with Gasteiger partial charge in [0, 0.05) is 17.5 Å². The quantitative estimate of drug-likeness (QED) is 0.794. The molecule has 2 rings (SSSR count). The zero-order valence-corrected chi connectivity index (χ0v) is 8.71. The monoisotopic (exact) mass is 225 g/mol. The Labute approximate surface area is 89.7 Å². The molecule has 0 bridgehead atoms. The Kier molecular flexibility index (Phi) is 2.59. The highest BCUT2D eigenvalue weighted by Crippen LogP contribution is 2.28. The van der Waals surface area contributed by atoms with Crippen LogP contribution in [0, 0.1) is 12.7 Å². The number of benzene rings is 1. The van der Waals surface area contributed by atoms with E-state index in [4.69, 9.17) is 10.2 Å². The Balaban J connectivity index is 2.24. The number of aryl methyl sites for hydroxylation is 1. The first-order valence-corrected chi connectivity index (χ1v) is 4.99. The molecule has 2 N–H and O–H groups in total. The maximum atomic E-state index is 13.0. The zero-order valence-electron chi connectivity index (χ0n) is 7.90. The van der Waals surface area contributed by atoms with E-state index < -0.39 is 0 Å². The largest absolute Gasteiger partial charge is 0.416 e. The Hall–Kier alpha value is -1.56. The fourth-order valence-corrected chi connectivity index (χ4v) is 1.88. The van der Waals surface area contributed by atoms with Gasteiger partial charge in [-0.05, 0) is 30.0 Å². The van der Waals surface area contributed by atoms with Gasteiger partial charge in [0.25, 0.3) is 5.22 Å². The van der Waals surface area contributed by atoms with E-state index in [1.54, 1.807) is 13.0 Å². The van der Waals surface area contributed by atoms with Gasteiger partial charge in [-0.15, -0.1) is 10.2 Å². The highest BCUT2D eigenvalue weighted by molar-refractivity contribution is 7.99. The van der Waals surface area contributed by atoms with E-state index in [1.165, 1.54) is 23.9 Å². The first kappa shape index (κ1) is 9.97. The van der Waals surface area contributed by atoms with Crippen molar-refractivity contribution in [3.63, 3.8) is 0 Å². The van der Waals surface area contributed by atoms with Crippen molar-refractivity contribution in [1.82, 2.24) is 10.2 Å². The minimum absolute atomic E-state index is 0.369. The minimum atomic E-state index is -0.381. The van der Waals surface area contributed by atoms with Crippen LogP contribution in [0.3, 0.4) is 0 Å². The molecule has 78 valence electrons. The summed E-state index contributed by atoms with van der Waals surface area (Å²) in [4.78, 5) is 0.635. The second-order valence-corrected chi connectivity index (χ2v) is 3.93. The Morgan fingerprint density at radius 1 is 1.33 bits per heavy atom. The standard InChI is InChI=1S/C9H8FN3OS/c1-5-12-13-9(14-5)15-8-3-6(10)2-7(11)4-8/h2-4H,11H2,1H3. The molecule has 0 aliphatic rings. The summed E-state index contributed by atoms with van der Waals surface area (Å²) in [5, 5.41) is 7.82. The molecule has 0 spiro atoms. The number of nitrogens with two attached hydrogens (primary N) is 1. The van der Waals surface area contributed by atoms with Gasteiger partial charge in [-0.25, -0.2) is 4.39 Å². The Morgan fingerprint density at radius 3 is 2.73 bits per heavy atom. The van der Waals surface area contributed by atoms with Crippen molar-refractivity contribution in [1.29, 1.82) is 0 Å². The van der Waals surface area contributed by atoms with Crippen LogP contribution < -0.4 is 5.73 Å². The molecule has 6 heteroatoms. The molecule has 0 radical (unpaired) electrons. The van der Waals surface area contributed by atoms with Gasteiger partial charge in [0.15, 0.2) is 0 Å². The van der Waals surface area contributed by atoms with Crippen LogP contribution in [0.25, 0.3) is 0 Å². The molecule has 0 unspecified atom stereocenters. The minimum Gasteiger partial charge on any atom is -0.416 e. The zero-order chi connectivity index (χ0) is 10.8. The molecule has 0 saturated heterocycles. The summed E-state index contributed by atoms with van der Waals surface area (Å²) in [5.74, 6) is 0.0932. The van der Waals surface area contributed by atoms with E-state index in [0.29, 0.717) is 21.7 Å². The third-order valence-corrected chi connectivity index (χ3v) is 2.42. The van der Waals surface area contributed by atoms with E-state index in [9.17, 15) is 4.39 Å². The van der Waals surface area contributed by atoms with E-state index >= 15 is 0 Å². The first-order chi connectivity index (χ1) is 7.13. The van der Waals surface area contributed by atoms with Crippen molar-refractivity contribution >= 4 is 17.4 Å². The van der Waals surface area contributed by atoms with Crippen LogP contribution in [-0.2, 0) is 0 Å². The lowest BCUT2D eigenvalue weighted by atomic mass is 10.3. The molecule has 15 heavy (non-hydrogen) atoms. The summed E-state index contributed by atoms with van der Waals surface area (Å²) >= 11 is 1.18. The van der Waals surface area contributed by atoms with Gasteiger partial charge in [0.2, 0.25) is 5.89 Å². The summed E-state index contributed by atoms with van der Waals surface area (Å²) in [6.07, 6.45) is 0. The smallest absolute Gasteiger partial charge is 0.281 e. The van der Waals surface area contributed by atoms with Crippen LogP contribution in [0.5, 0.6) is 0 Å². The topological polar surface area (TPSA) is 64.9 Å². The van der Waals surface area contributed by atoms with Gasteiger partial charge < -0.3 is 10.2 Å². The van der Waals surface area contributed by atoms with Crippen molar-refractivity contribution < 1.29 is 8.81 Å². The van der Waals surface area contributed by atoms with Crippen molar-refractivity contribution in [2.75, 3.05) is 5.73 Å². The summed E-state index contributed by atoms with van der Waals surface area (Å²) in [6.45, 7) is 1.69. The molecule has 1 aromatic heterocycles. The van der Waals surface area contributed by atoms with E-state index in [-0.39, 0.29) is 5.82 Å². The lowest BCUT2D eigenvalue weighted by molar-refractivity contribution is 0.429. The van der Waals surface area contributed by atoms with Crippen LogP contribution in [0.4, 0.5) is 10.1 Å². The molecule has 0 aliphatic carbocycles. The maximum absolute atomic E-state index is 13.0. The average molecular weight is 225 g/mol. The van der Waals surface area contributed by atoms with Crippen LogP contribution in [-0.4, -0.2) is 10.2 Å². The molecule has 0 aliphatic heterocycles. The van der Waals surface area contributed by atoms with Crippen LogP contribution in [0.1, 0.15) is 5.89 Å². The molecule has 1 heterocycles. The number of nitrogen functional groups attached to an aromatic ring is 1. The Morgan fingerprint density at radius 2 is 2.13 bits per heavy atom. The number of nitrogens with zero attached hydrogens (tertiary/aromatic N) is 2. The first-order valence-electron chi connectivity index (χ1n) is 4.17. The molecule has 0 saturated carbocycles. The van der Waals surface area contributed by atoms with Crippen LogP contribution in [0.15, 0.2) is 32.7 Å². The predicted molar refractivity (Wildman–Crippen MR) is 54.0 cm³/mol. The number of hydrogen-bond acceptors (Lipinski definition) is 5. The van der Waals surface area contributed by atoms with Gasteiger partial charge in [-0.3, -0.25) is 0 Å². The van der Waals surface area contributed by atoms with E-state index in [2.05, 4.69) is 10.2 Å². The maximum Gasteiger partial charge on any atom is 0.281 e. The van der Waals surface area contributed by atoms with E-state index in [1.807, 2.05) is 0 Å². The molecule has 1 aromatic carbocycles. The number of halogens is 1. The second-order valence-electron chi connectivity index (χ2n) is 2.91. The SMILES string of the molecule is Cc1nnc(Sc2cc(N)cc(F)c2)o1. The molecular formula is C9H8FN3OS. The second kappa shape index (κ2) is 3.90. The predicted octanol–water partition coefficient (Wildman–Crippen LogP) is 2.25. The molecule has 0 amide bonds. The lowest BCUT2D eigenvalue weighted by Crippen LogP contribution is -1.87. The van der Waals surface area contributed by atoms with Crippen LogP contribution in [0.2, 0.25) is 0 Å². The average Bonchev–Trinajstić information content (AvgIpc) is 2.49. The number of rotatable bonds is 2. The third kappa shape index (κ3) is 2.47. The highest BCUT2D eigenvalue weighted by atomic mass is 32.2. The Bertz CT molecular complexity index is 466. The summed E-state index contributed by atoms with van der Waals surface area (Å²) < 4.78 is 18.1. The van der Waals surface area contributed by atoms with Gasteiger partial charge in [0.05, 0.1) is 0 Å². The van der Waals surface area contributed by atoms with Crippen molar-refractivity contribution in [2.45, 2.75) is 17.0 Å². The van der Waals surface area contributed by atoms with Gasteiger partial charge >= 0.3 is 0 Å². The highest BCUT2D eigenvalue weighted by Gasteiger charge is 2.06. The van der Waals surface area contributed by atoms with Gasteiger partial charge in [-0.2, -0.15) is 0 Å². The summed E-state index contributed by atoms with van der Waals surface area (Å²) in [6, 6.07) is 4.26. The molecular weight excluding hydrogens is 217 g/mol. The third-order valence-electron chi connectivity index (χ3n) is 1.61. The van der Waals surface area contributed by atoms with Crippen molar-refractivity contribution in [2.24, 2.45) is 0 Å². The fourth-order valence-electron chi connectivity index (χ4n) is 1.06. The van der Waals surface area contributed by atoms with Gasteiger partial charge in [0.1, 0.15) is 5.82 Å². The van der Waals surface area contributed by atoms with E-state index in [0.717, 1.165) is 0 Å². The fraction of sp³-hybridized carbons (Fsp3) is 0.111. The number of anilines is 1. The summed E-state index contributed by atoms with van der Waals surface area (Å²) in [5.41, 5.74) is 5.87. The molecule has 2 aromatic rings. The van der Waals surface area contributed by atoms with Crippen molar-refractivity contribution in [3.8, 4) is 0 Å². The summed E-state index contributed by atoms with van der Waals surface area (Å²) in [7, 11) is 0. The van der Waals surface area contributed by atoms with Crippen molar-refractivity contribution in [3.05, 3.63) is 29.9 Å².